The molecule has 0 saturated heterocycles. The summed E-state index contributed by atoms with van der Waals surface area (Å²) in [7, 11) is 3.21. The fourth-order valence-electron chi connectivity index (χ4n) is 3.52. The lowest BCUT2D eigenvalue weighted by Gasteiger charge is -2.28. The van der Waals surface area contributed by atoms with Crippen LogP contribution in [0.5, 0.6) is 23.1 Å². The summed E-state index contributed by atoms with van der Waals surface area (Å²) in [5.41, 5.74) is 3.60. The molecule has 0 spiro atoms. The van der Waals surface area contributed by atoms with Crippen molar-refractivity contribution in [2.24, 2.45) is 0 Å². The van der Waals surface area contributed by atoms with Crippen LogP contribution in [0.1, 0.15) is 17.2 Å². The molecular formula is C22H20N4O4. The maximum absolute atomic E-state index is 6.21. The van der Waals surface area contributed by atoms with Gasteiger partial charge < -0.3 is 23.5 Å². The van der Waals surface area contributed by atoms with Crippen LogP contribution in [0, 0.1) is 0 Å². The van der Waals surface area contributed by atoms with Gasteiger partial charge in [0.2, 0.25) is 11.6 Å². The molecule has 1 aromatic carbocycles. The Hall–Kier alpha value is -3.81. The molecule has 0 saturated carbocycles. The van der Waals surface area contributed by atoms with Crippen molar-refractivity contribution in [2.75, 3.05) is 20.8 Å². The molecule has 8 nitrogen and oxygen atoms in total. The van der Waals surface area contributed by atoms with E-state index in [0.717, 1.165) is 22.3 Å². The fourth-order valence-corrected chi connectivity index (χ4v) is 3.52. The first-order valence-electron chi connectivity index (χ1n) is 9.51. The van der Waals surface area contributed by atoms with Crippen molar-refractivity contribution in [1.82, 2.24) is 19.5 Å². The number of pyridine rings is 2. The van der Waals surface area contributed by atoms with Crippen LogP contribution in [0.25, 0.3) is 11.2 Å². The predicted octanol–water partition coefficient (Wildman–Crippen LogP) is 3.40. The van der Waals surface area contributed by atoms with E-state index in [1.165, 1.54) is 0 Å². The maximum Gasteiger partial charge on any atom is 0.212 e. The summed E-state index contributed by atoms with van der Waals surface area (Å²) in [6.07, 6.45) is 5.00. The highest BCUT2D eigenvalue weighted by molar-refractivity contribution is 5.70. The minimum absolute atomic E-state index is 0.280. The van der Waals surface area contributed by atoms with Crippen LogP contribution in [0.15, 0.2) is 55.1 Å². The number of ether oxygens (including phenoxy) is 4. The van der Waals surface area contributed by atoms with Crippen molar-refractivity contribution >= 4 is 11.2 Å². The van der Waals surface area contributed by atoms with Gasteiger partial charge in [0.1, 0.15) is 12.1 Å². The van der Waals surface area contributed by atoms with Crippen LogP contribution >= 0.6 is 0 Å². The summed E-state index contributed by atoms with van der Waals surface area (Å²) in [6.45, 7) is 0.968. The first kappa shape index (κ1) is 18.2. The molecule has 30 heavy (non-hydrogen) atoms. The molecule has 1 unspecified atom stereocenters. The molecule has 0 aliphatic carbocycles. The van der Waals surface area contributed by atoms with Crippen LogP contribution in [0.2, 0.25) is 0 Å². The molecule has 0 amide bonds. The highest BCUT2D eigenvalue weighted by atomic mass is 16.6. The van der Waals surface area contributed by atoms with Gasteiger partial charge in [-0.05, 0) is 35.9 Å². The average Bonchev–Trinajstić information content (AvgIpc) is 3.21. The Morgan fingerprint density at radius 2 is 2.03 bits per heavy atom. The quantitative estimate of drug-likeness (QED) is 0.504. The lowest BCUT2D eigenvalue weighted by Crippen LogP contribution is -2.22. The number of rotatable bonds is 5. The van der Waals surface area contributed by atoms with Gasteiger partial charge in [0, 0.05) is 24.0 Å². The molecule has 4 heterocycles. The highest BCUT2D eigenvalue weighted by Gasteiger charge is 2.27. The van der Waals surface area contributed by atoms with Crippen molar-refractivity contribution < 1.29 is 18.9 Å². The van der Waals surface area contributed by atoms with Crippen LogP contribution in [-0.2, 0) is 6.54 Å². The van der Waals surface area contributed by atoms with Gasteiger partial charge in [-0.15, -0.1) is 0 Å². The Balaban J connectivity index is 1.43. The van der Waals surface area contributed by atoms with E-state index in [-0.39, 0.29) is 6.10 Å². The minimum Gasteiger partial charge on any atom is -0.493 e. The number of methoxy groups -OCH3 is 2. The molecule has 0 fully saturated rings. The second-order valence-corrected chi connectivity index (χ2v) is 6.90. The third-order valence-electron chi connectivity index (χ3n) is 5.02. The zero-order valence-corrected chi connectivity index (χ0v) is 16.6. The Kier molecular flexibility index (Phi) is 4.59. The van der Waals surface area contributed by atoms with Crippen LogP contribution in [0.3, 0.4) is 0 Å². The monoisotopic (exact) mass is 404 g/mol. The molecular weight excluding hydrogens is 384 g/mol. The van der Waals surface area contributed by atoms with E-state index in [1.807, 2.05) is 34.9 Å². The molecule has 5 rings (SSSR count). The number of aromatic nitrogens is 4. The number of hydrogen-bond acceptors (Lipinski definition) is 7. The van der Waals surface area contributed by atoms with Crippen molar-refractivity contribution in [3.63, 3.8) is 0 Å². The van der Waals surface area contributed by atoms with Gasteiger partial charge in [-0.1, -0.05) is 0 Å². The molecule has 8 heteroatoms. The summed E-state index contributed by atoms with van der Waals surface area (Å²) in [5.74, 6) is 2.41. The van der Waals surface area contributed by atoms with Crippen molar-refractivity contribution in [3.8, 4) is 23.1 Å². The third kappa shape index (κ3) is 3.26. The van der Waals surface area contributed by atoms with E-state index in [4.69, 9.17) is 18.9 Å². The van der Waals surface area contributed by atoms with Crippen LogP contribution in [-0.4, -0.2) is 40.3 Å². The topological polar surface area (TPSA) is 80.5 Å². The summed E-state index contributed by atoms with van der Waals surface area (Å²) >= 11 is 0. The third-order valence-corrected chi connectivity index (χ3v) is 5.02. The average molecular weight is 404 g/mol. The smallest absolute Gasteiger partial charge is 0.212 e. The molecule has 1 aliphatic heterocycles. The Labute approximate surface area is 173 Å². The summed E-state index contributed by atoms with van der Waals surface area (Å²) < 4.78 is 25.0. The molecule has 3 aromatic heterocycles. The van der Waals surface area contributed by atoms with Gasteiger partial charge in [-0.3, -0.25) is 0 Å². The van der Waals surface area contributed by atoms with Gasteiger partial charge in [0.15, 0.2) is 23.3 Å². The molecule has 152 valence electrons. The second kappa shape index (κ2) is 7.55. The van der Waals surface area contributed by atoms with Gasteiger partial charge >= 0.3 is 0 Å². The largest absolute Gasteiger partial charge is 0.493 e. The SMILES string of the molecule is COc1ccc(C2COc3cc(Cn4cnc5cccnc54)cc(OC)c3O2)cn1. The Bertz CT molecular complexity index is 1170. The molecule has 0 N–H and O–H groups in total. The number of benzene rings is 1. The molecule has 1 aliphatic rings. The standard InChI is InChI=1S/C22H20N4O4/c1-27-17-8-14(11-26-13-25-16-4-3-7-23-22(16)26)9-18-21(17)30-19(12-29-18)15-5-6-20(28-2)24-10-15/h3-10,13,19H,11-12H2,1-2H3. The van der Waals surface area contributed by atoms with E-state index in [9.17, 15) is 0 Å². The molecule has 0 radical (unpaired) electrons. The van der Waals surface area contributed by atoms with Crippen LogP contribution < -0.4 is 18.9 Å². The lowest BCUT2D eigenvalue weighted by molar-refractivity contribution is 0.0867. The predicted molar refractivity (Wildman–Crippen MR) is 109 cm³/mol. The zero-order valence-electron chi connectivity index (χ0n) is 16.6. The number of imidazole rings is 1. The summed E-state index contributed by atoms with van der Waals surface area (Å²) in [5, 5.41) is 0. The van der Waals surface area contributed by atoms with Crippen molar-refractivity contribution in [2.45, 2.75) is 12.6 Å². The van der Waals surface area contributed by atoms with E-state index >= 15 is 0 Å². The molecule has 4 aromatic rings. The first-order valence-corrected chi connectivity index (χ1v) is 9.51. The molecule has 0 bridgehead atoms. The molecule has 1 atom stereocenters. The zero-order chi connectivity index (χ0) is 20.5. The van der Waals surface area contributed by atoms with Gasteiger partial charge in [-0.25, -0.2) is 15.0 Å². The van der Waals surface area contributed by atoms with Crippen LogP contribution in [0.4, 0.5) is 0 Å². The second-order valence-electron chi connectivity index (χ2n) is 6.90. The Morgan fingerprint density at radius 3 is 2.83 bits per heavy atom. The van der Waals surface area contributed by atoms with Crippen molar-refractivity contribution in [1.29, 1.82) is 0 Å². The Morgan fingerprint density at radius 1 is 1.10 bits per heavy atom. The number of hydrogen-bond donors (Lipinski definition) is 0. The number of nitrogens with zero attached hydrogens (tertiary/aromatic N) is 4. The van der Waals surface area contributed by atoms with Crippen molar-refractivity contribution in [3.05, 3.63) is 66.2 Å². The van der Waals surface area contributed by atoms with Gasteiger partial charge in [0.05, 0.1) is 27.1 Å². The maximum atomic E-state index is 6.21. The minimum atomic E-state index is -0.280. The highest BCUT2D eigenvalue weighted by Crippen LogP contribution is 2.44. The van der Waals surface area contributed by atoms with Gasteiger partial charge in [-0.2, -0.15) is 0 Å². The fraction of sp³-hybridized carbons (Fsp3) is 0.227. The number of fused-ring (bicyclic) bond motifs is 2. The van der Waals surface area contributed by atoms with Gasteiger partial charge in [0.25, 0.3) is 0 Å². The first-order chi connectivity index (χ1) is 14.7. The van der Waals surface area contributed by atoms with E-state index in [2.05, 4.69) is 15.0 Å². The summed E-state index contributed by atoms with van der Waals surface area (Å²) in [4.78, 5) is 13.1. The van der Waals surface area contributed by atoms with E-state index in [1.54, 1.807) is 39.0 Å². The summed E-state index contributed by atoms with van der Waals surface area (Å²) in [6, 6.07) is 11.5. The van der Waals surface area contributed by atoms with E-state index in [0.29, 0.717) is 36.3 Å². The lowest BCUT2D eigenvalue weighted by atomic mass is 10.1. The normalized spacial score (nSPS) is 15.2. The van der Waals surface area contributed by atoms with E-state index < -0.39 is 0 Å².